The van der Waals surface area contributed by atoms with Gasteiger partial charge in [-0.1, -0.05) is 43.3 Å². The van der Waals surface area contributed by atoms with E-state index in [4.69, 9.17) is 4.74 Å². The van der Waals surface area contributed by atoms with E-state index < -0.39 is 0 Å². The predicted octanol–water partition coefficient (Wildman–Crippen LogP) is 6.60. The first-order valence-electron chi connectivity index (χ1n) is 12.8. The summed E-state index contributed by atoms with van der Waals surface area (Å²) < 4.78 is 6.35. The molecule has 0 amide bonds. The largest absolute Gasteiger partial charge is 0.489 e. The Labute approximate surface area is 197 Å². The van der Waals surface area contributed by atoms with E-state index in [-0.39, 0.29) is 11.2 Å². The Morgan fingerprint density at radius 1 is 1.09 bits per heavy atom. The molecule has 33 heavy (non-hydrogen) atoms. The van der Waals surface area contributed by atoms with Crippen LogP contribution in [0.2, 0.25) is 0 Å². The van der Waals surface area contributed by atoms with Crippen LogP contribution in [0.25, 0.3) is 0 Å². The Bertz CT molecular complexity index is 1040. The number of ether oxygens (including phenoxy) is 1. The summed E-state index contributed by atoms with van der Waals surface area (Å²) in [6.45, 7) is 4.48. The Morgan fingerprint density at radius 2 is 1.91 bits per heavy atom. The molecule has 4 atom stereocenters. The van der Waals surface area contributed by atoms with Gasteiger partial charge in [-0.3, -0.25) is 4.79 Å². The molecule has 5 rings (SSSR count). The third-order valence-electron chi connectivity index (χ3n) is 8.83. The van der Waals surface area contributed by atoms with Crippen molar-refractivity contribution in [2.75, 3.05) is 0 Å². The van der Waals surface area contributed by atoms with E-state index >= 15 is 0 Å². The molecule has 0 saturated heterocycles. The molecule has 0 aromatic heterocycles. The molecule has 3 nitrogen and oxygen atoms in total. The second-order valence-electron chi connectivity index (χ2n) is 10.8. The zero-order valence-corrected chi connectivity index (χ0v) is 20.1. The number of ketones is 2. The molecule has 2 saturated carbocycles. The van der Waals surface area contributed by atoms with Gasteiger partial charge in [-0.15, -0.1) is 0 Å². The van der Waals surface area contributed by atoms with Crippen molar-refractivity contribution >= 4 is 11.6 Å². The van der Waals surface area contributed by atoms with Crippen LogP contribution in [-0.2, 0) is 29.0 Å². The van der Waals surface area contributed by atoms with Gasteiger partial charge < -0.3 is 9.53 Å². The first-order valence-corrected chi connectivity index (χ1v) is 12.8. The molecule has 2 aromatic rings. The molecule has 0 aliphatic heterocycles. The topological polar surface area (TPSA) is 43.4 Å². The fraction of sp³-hybridized carbons (Fsp3) is 0.533. The molecular weight excluding hydrogens is 408 g/mol. The molecular formula is C30H36O3. The monoisotopic (exact) mass is 444 g/mol. The van der Waals surface area contributed by atoms with E-state index in [1.165, 1.54) is 28.7 Å². The second-order valence-corrected chi connectivity index (χ2v) is 10.8. The van der Waals surface area contributed by atoms with Gasteiger partial charge in [-0.05, 0) is 97.9 Å². The molecule has 2 fully saturated rings. The van der Waals surface area contributed by atoms with Gasteiger partial charge in [0.25, 0.3) is 0 Å². The summed E-state index contributed by atoms with van der Waals surface area (Å²) in [5, 5.41) is 0. The van der Waals surface area contributed by atoms with Crippen LogP contribution in [0, 0.1) is 17.3 Å². The normalized spacial score (nSPS) is 28.1. The fourth-order valence-electron chi connectivity index (χ4n) is 7.01. The number of hydrogen-bond donors (Lipinski definition) is 0. The smallest absolute Gasteiger partial charge is 0.139 e. The lowest BCUT2D eigenvalue weighted by Gasteiger charge is -2.48. The minimum Gasteiger partial charge on any atom is -0.489 e. The highest BCUT2D eigenvalue weighted by Gasteiger charge is 2.54. The molecule has 2 aromatic carbocycles. The van der Waals surface area contributed by atoms with Gasteiger partial charge >= 0.3 is 0 Å². The van der Waals surface area contributed by atoms with Crippen molar-refractivity contribution in [2.24, 2.45) is 17.3 Å². The maximum absolute atomic E-state index is 12.7. The minimum absolute atomic E-state index is 0.0816. The Morgan fingerprint density at radius 3 is 2.70 bits per heavy atom. The summed E-state index contributed by atoms with van der Waals surface area (Å²) in [7, 11) is 0. The molecule has 3 aliphatic rings. The van der Waals surface area contributed by atoms with Crippen LogP contribution in [0.5, 0.6) is 5.75 Å². The van der Waals surface area contributed by atoms with Gasteiger partial charge in [0.05, 0.1) is 0 Å². The van der Waals surface area contributed by atoms with Crippen LogP contribution in [0.15, 0.2) is 42.5 Å². The van der Waals surface area contributed by atoms with Crippen molar-refractivity contribution in [3.63, 3.8) is 0 Å². The molecule has 0 radical (unpaired) electrons. The van der Waals surface area contributed by atoms with Gasteiger partial charge in [0, 0.05) is 18.3 Å². The number of aryl methyl sites for hydroxylation is 2. The maximum atomic E-state index is 12.7. The summed E-state index contributed by atoms with van der Waals surface area (Å²) in [6, 6.07) is 15.0. The molecule has 174 valence electrons. The van der Waals surface area contributed by atoms with Gasteiger partial charge in [0.1, 0.15) is 23.9 Å². The molecule has 3 aliphatic carbocycles. The van der Waals surface area contributed by atoms with Gasteiger partial charge in [-0.2, -0.15) is 0 Å². The highest BCUT2D eigenvalue weighted by Crippen LogP contribution is 2.59. The van der Waals surface area contributed by atoms with Crippen LogP contribution in [0.4, 0.5) is 0 Å². The van der Waals surface area contributed by atoms with Gasteiger partial charge in [0.2, 0.25) is 0 Å². The highest BCUT2D eigenvalue weighted by molar-refractivity contribution is 5.87. The molecule has 0 bridgehead atoms. The van der Waals surface area contributed by atoms with Crippen LogP contribution in [0.1, 0.15) is 87.0 Å². The van der Waals surface area contributed by atoms with Gasteiger partial charge in [0.15, 0.2) is 0 Å². The first-order chi connectivity index (χ1) is 16.0. The lowest BCUT2D eigenvalue weighted by Crippen LogP contribution is -2.42. The van der Waals surface area contributed by atoms with Gasteiger partial charge in [-0.25, -0.2) is 0 Å². The maximum Gasteiger partial charge on any atom is 0.139 e. The van der Waals surface area contributed by atoms with E-state index in [0.717, 1.165) is 50.7 Å². The fourth-order valence-corrected chi connectivity index (χ4v) is 7.01. The summed E-state index contributed by atoms with van der Waals surface area (Å²) in [6.07, 6.45) is 8.61. The average molecular weight is 445 g/mol. The van der Waals surface area contributed by atoms with E-state index in [9.17, 15) is 9.59 Å². The summed E-state index contributed by atoms with van der Waals surface area (Å²) >= 11 is 0. The van der Waals surface area contributed by atoms with Crippen LogP contribution in [-0.4, -0.2) is 11.6 Å². The van der Waals surface area contributed by atoms with Crippen molar-refractivity contribution in [1.82, 2.24) is 0 Å². The zero-order chi connectivity index (χ0) is 23.0. The number of Topliss-reactive ketones (excluding diaryl/α,β-unsaturated/α-hetero) is 2. The predicted molar refractivity (Wildman–Crippen MR) is 130 cm³/mol. The van der Waals surface area contributed by atoms with E-state index in [2.05, 4.69) is 31.2 Å². The van der Waals surface area contributed by atoms with E-state index in [1.54, 1.807) is 6.92 Å². The van der Waals surface area contributed by atoms with Crippen molar-refractivity contribution < 1.29 is 14.3 Å². The summed E-state index contributed by atoms with van der Waals surface area (Å²) in [5.74, 6) is 3.48. The first kappa shape index (κ1) is 22.4. The summed E-state index contributed by atoms with van der Waals surface area (Å²) in [4.78, 5) is 24.2. The molecule has 0 heterocycles. The molecule has 3 heteroatoms. The van der Waals surface area contributed by atoms with Crippen LogP contribution in [0.3, 0.4) is 0 Å². The Balaban J connectivity index is 1.43. The number of carbonyl (C=O) groups is 2. The zero-order valence-electron chi connectivity index (χ0n) is 20.1. The van der Waals surface area contributed by atoms with Crippen LogP contribution >= 0.6 is 0 Å². The Hall–Kier alpha value is -2.42. The van der Waals surface area contributed by atoms with Crippen molar-refractivity contribution in [2.45, 2.75) is 84.2 Å². The average Bonchev–Trinajstić information content (AvgIpc) is 3.12. The standard InChI is InChI=1S/C30H36O3/c1-20(31)7-6-10-23-17-26-22(18-28(23)33-19-21-8-4-3-5-9-21)11-12-25-24(26)15-16-30(2)27(25)13-14-29(30)32/h3-5,8-9,17-18,24-25,27H,6-7,10-16,19H2,1-2H3/t24-,25+,27-,30-/m0/s1. The highest BCUT2D eigenvalue weighted by atomic mass is 16.5. The van der Waals surface area contributed by atoms with Crippen molar-refractivity contribution in [1.29, 1.82) is 0 Å². The molecule has 0 unspecified atom stereocenters. The summed E-state index contributed by atoms with van der Waals surface area (Å²) in [5.41, 5.74) is 5.26. The molecule has 0 N–H and O–H groups in total. The lowest BCUT2D eigenvalue weighted by molar-refractivity contribution is -0.129. The third kappa shape index (κ3) is 4.27. The Kier molecular flexibility index (Phi) is 6.16. The SMILES string of the molecule is CC(=O)CCCc1cc2c(cc1OCc1ccccc1)CC[C@@H]1[C@@H]2CC[C@]2(C)C(=O)CC[C@@H]12. The number of carbonyl (C=O) groups excluding carboxylic acids is 2. The van der Waals surface area contributed by atoms with Crippen LogP contribution < -0.4 is 4.74 Å². The number of hydrogen-bond acceptors (Lipinski definition) is 3. The molecule has 0 spiro atoms. The third-order valence-corrected chi connectivity index (χ3v) is 8.83. The lowest BCUT2D eigenvalue weighted by atomic mass is 9.55. The van der Waals surface area contributed by atoms with Crippen molar-refractivity contribution in [3.05, 3.63) is 64.7 Å². The van der Waals surface area contributed by atoms with E-state index in [1.807, 2.05) is 18.2 Å². The number of fused-ring (bicyclic) bond motifs is 5. The second kappa shape index (κ2) is 9.08. The number of rotatable bonds is 7. The minimum atomic E-state index is -0.0816. The van der Waals surface area contributed by atoms with Crippen molar-refractivity contribution in [3.8, 4) is 5.75 Å². The number of benzene rings is 2. The quantitative estimate of drug-likeness (QED) is 0.483. The van der Waals surface area contributed by atoms with E-state index in [0.29, 0.717) is 36.6 Å².